The van der Waals surface area contributed by atoms with Crippen LogP contribution in [0.15, 0.2) is 6.07 Å². The summed E-state index contributed by atoms with van der Waals surface area (Å²) in [6, 6.07) is 2.10. The smallest absolute Gasteiger partial charge is 0.306 e. The van der Waals surface area contributed by atoms with E-state index >= 15 is 0 Å². The molecule has 1 amide bonds. The number of carboxylic acid groups (broad SMARTS) is 1. The van der Waals surface area contributed by atoms with E-state index in [0.29, 0.717) is 19.4 Å². The Balaban J connectivity index is 1.86. The lowest BCUT2D eigenvalue weighted by Crippen LogP contribution is -2.35. The van der Waals surface area contributed by atoms with Gasteiger partial charge in [0.15, 0.2) is 0 Å². The minimum atomic E-state index is -0.771. The van der Waals surface area contributed by atoms with Crippen molar-refractivity contribution in [3.05, 3.63) is 21.4 Å². The molecule has 0 saturated heterocycles. The molecule has 0 bridgehead atoms. The number of nitrogens with one attached hydrogen (secondary N) is 1. The Labute approximate surface area is 123 Å². The van der Waals surface area contributed by atoms with Crippen LogP contribution in [0.5, 0.6) is 0 Å². The lowest BCUT2D eigenvalue weighted by Gasteiger charge is -2.25. The Morgan fingerprint density at radius 1 is 1.35 bits per heavy atom. The molecule has 2 unspecified atom stereocenters. The largest absolute Gasteiger partial charge is 0.481 e. The standard InChI is InChI=1S/C15H21NO3S/c1-9-6-13(20-10(9)2)8-16-14(17)11-4-3-5-12(7-11)15(18)19/h6,11-12H,3-5,7-8H2,1-2H3,(H,16,17)(H,18,19). The van der Waals surface area contributed by atoms with Gasteiger partial charge in [-0.05, 0) is 44.7 Å². The Bertz CT molecular complexity index is 490. The molecule has 2 rings (SSSR count). The number of aliphatic carboxylic acids is 1. The zero-order valence-electron chi connectivity index (χ0n) is 11.9. The summed E-state index contributed by atoms with van der Waals surface area (Å²) in [5.74, 6) is -1.27. The molecule has 0 spiro atoms. The van der Waals surface area contributed by atoms with Gasteiger partial charge in [0, 0.05) is 15.7 Å². The van der Waals surface area contributed by atoms with E-state index < -0.39 is 5.97 Å². The van der Waals surface area contributed by atoms with E-state index in [-0.39, 0.29) is 17.7 Å². The van der Waals surface area contributed by atoms with Crippen LogP contribution in [-0.4, -0.2) is 17.0 Å². The van der Waals surface area contributed by atoms with Crippen molar-refractivity contribution in [1.29, 1.82) is 0 Å². The first-order valence-corrected chi connectivity index (χ1v) is 7.85. The topological polar surface area (TPSA) is 66.4 Å². The Kier molecular flexibility index (Phi) is 4.81. The number of carboxylic acids is 1. The Hall–Kier alpha value is -1.36. The minimum absolute atomic E-state index is 0.000318. The number of hydrogen-bond donors (Lipinski definition) is 2. The van der Waals surface area contributed by atoms with Crippen LogP contribution in [0.4, 0.5) is 0 Å². The second-order valence-electron chi connectivity index (χ2n) is 5.57. The van der Waals surface area contributed by atoms with Gasteiger partial charge < -0.3 is 10.4 Å². The minimum Gasteiger partial charge on any atom is -0.481 e. The van der Waals surface area contributed by atoms with Crippen LogP contribution < -0.4 is 5.32 Å². The van der Waals surface area contributed by atoms with Crippen molar-refractivity contribution in [2.45, 2.75) is 46.1 Å². The van der Waals surface area contributed by atoms with Gasteiger partial charge in [-0.25, -0.2) is 0 Å². The number of amides is 1. The molecule has 20 heavy (non-hydrogen) atoms. The van der Waals surface area contributed by atoms with Gasteiger partial charge in [0.1, 0.15) is 0 Å². The van der Waals surface area contributed by atoms with Crippen LogP contribution in [0.25, 0.3) is 0 Å². The third-order valence-corrected chi connectivity index (χ3v) is 5.20. The van der Waals surface area contributed by atoms with Crippen LogP contribution >= 0.6 is 11.3 Å². The van der Waals surface area contributed by atoms with Crippen molar-refractivity contribution < 1.29 is 14.7 Å². The number of carbonyl (C=O) groups excluding carboxylic acids is 1. The van der Waals surface area contributed by atoms with Crippen molar-refractivity contribution in [3.63, 3.8) is 0 Å². The van der Waals surface area contributed by atoms with Crippen LogP contribution in [-0.2, 0) is 16.1 Å². The van der Waals surface area contributed by atoms with Crippen LogP contribution in [0.2, 0.25) is 0 Å². The van der Waals surface area contributed by atoms with E-state index in [0.717, 1.165) is 17.7 Å². The van der Waals surface area contributed by atoms with E-state index in [2.05, 4.69) is 25.2 Å². The van der Waals surface area contributed by atoms with Gasteiger partial charge in [0.05, 0.1) is 12.5 Å². The lowest BCUT2D eigenvalue weighted by molar-refractivity contribution is -0.144. The van der Waals surface area contributed by atoms with E-state index in [9.17, 15) is 9.59 Å². The summed E-state index contributed by atoms with van der Waals surface area (Å²) in [5.41, 5.74) is 1.25. The normalized spacial score (nSPS) is 22.5. The first-order chi connectivity index (χ1) is 9.47. The van der Waals surface area contributed by atoms with Gasteiger partial charge in [-0.2, -0.15) is 0 Å². The van der Waals surface area contributed by atoms with E-state index in [4.69, 9.17) is 5.11 Å². The maximum atomic E-state index is 12.1. The van der Waals surface area contributed by atoms with E-state index in [1.165, 1.54) is 10.4 Å². The zero-order valence-corrected chi connectivity index (χ0v) is 12.8. The second kappa shape index (κ2) is 6.39. The van der Waals surface area contributed by atoms with Gasteiger partial charge in [-0.15, -0.1) is 11.3 Å². The highest BCUT2D eigenvalue weighted by Gasteiger charge is 2.30. The molecular formula is C15H21NO3S. The molecule has 1 aromatic rings. The molecule has 1 aliphatic carbocycles. The van der Waals surface area contributed by atoms with Crippen LogP contribution in [0, 0.1) is 25.7 Å². The monoisotopic (exact) mass is 295 g/mol. The highest BCUT2D eigenvalue weighted by atomic mass is 32.1. The van der Waals surface area contributed by atoms with Crippen molar-refractivity contribution >= 4 is 23.2 Å². The predicted molar refractivity (Wildman–Crippen MR) is 78.7 cm³/mol. The summed E-state index contributed by atoms with van der Waals surface area (Å²) in [7, 11) is 0. The lowest BCUT2D eigenvalue weighted by atomic mass is 9.81. The molecule has 0 aliphatic heterocycles. The first-order valence-electron chi connectivity index (χ1n) is 7.03. The average molecular weight is 295 g/mol. The molecule has 110 valence electrons. The summed E-state index contributed by atoms with van der Waals surface area (Å²) in [5, 5.41) is 12.0. The summed E-state index contributed by atoms with van der Waals surface area (Å²) >= 11 is 1.70. The van der Waals surface area contributed by atoms with Crippen molar-refractivity contribution in [1.82, 2.24) is 5.32 Å². The number of rotatable bonds is 4. The third-order valence-electron chi connectivity index (χ3n) is 4.05. The summed E-state index contributed by atoms with van der Waals surface area (Å²) < 4.78 is 0. The Morgan fingerprint density at radius 3 is 2.65 bits per heavy atom. The molecule has 2 N–H and O–H groups in total. The SMILES string of the molecule is Cc1cc(CNC(=O)C2CCCC(C(=O)O)C2)sc1C. The fourth-order valence-electron chi connectivity index (χ4n) is 2.71. The number of thiophene rings is 1. The van der Waals surface area contributed by atoms with Crippen molar-refractivity contribution in [2.75, 3.05) is 0 Å². The maximum Gasteiger partial charge on any atom is 0.306 e. The molecule has 1 aliphatic rings. The van der Waals surface area contributed by atoms with Gasteiger partial charge in [-0.3, -0.25) is 9.59 Å². The van der Waals surface area contributed by atoms with Crippen molar-refractivity contribution in [3.8, 4) is 0 Å². The number of aryl methyl sites for hydroxylation is 2. The summed E-state index contributed by atoms with van der Waals surface area (Å²) in [6.45, 7) is 4.69. The van der Waals surface area contributed by atoms with Gasteiger partial charge in [0.2, 0.25) is 5.91 Å². The quantitative estimate of drug-likeness (QED) is 0.897. The maximum absolute atomic E-state index is 12.1. The molecule has 4 nitrogen and oxygen atoms in total. The van der Waals surface area contributed by atoms with Gasteiger partial charge in [-0.1, -0.05) is 6.42 Å². The number of hydrogen-bond acceptors (Lipinski definition) is 3. The second-order valence-corrected chi connectivity index (χ2v) is 6.91. The number of carbonyl (C=O) groups is 2. The molecule has 1 heterocycles. The van der Waals surface area contributed by atoms with E-state index in [1.54, 1.807) is 11.3 Å². The molecule has 1 saturated carbocycles. The van der Waals surface area contributed by atoms with Crippen LogP contribution in [0.3, 0.4) is 0 Å². The Morgan fingerprint density at radius 2 is 2.05 bits per heavy atom. The highest BCUT2D eigenvalue weighted by Crippen LogP contribution is 2.29. The molecule has 0 radical (unpaired) electrons. The fraction of sp³-hybridized carbons (Fsp3) is 0.600. The van der Waals surface area contributed by atoms with Gasteiger partial charge >= 0.3 is 5.97 Å². The molecule has 0 aromatic carbocycles. The summed E-state index contributed by atoms with van der Waals surface area (Å²) in [4.78, 5) is 25.6. The third kappa shape index (κ3) is 3.60. The molecule has 5 heteroatoms. The molecule has 2 atom stereocenters. The summed E-state index contributed by atoms with van der Waals surface area (Å²) in [6.07, 6.45) is 2.80. The highest BCUT2D eigenvalue weighted by molar-refractivity contribution is 7.12. The van der Waals surface area contributed by atoms with Gasteiger partial charge in [0.25, 0.3) is 0 Å². The fourth-order valence-corrected chi connectivity index (χ4v) is 3.70. The average Bonchev–Trinajstić information content (AvgIpc) is 2.75. The predicted octanol–water partition coefficient (Wildman–Crippen LogP) is 2.87. The molecular weight excluding hydrogens is 274 g/mol. The zero-order chi connectivity index (χ0) is 14.7. The molecule has 1 fully saturated rings. The van der Waals surface area contributed by atoms with Crippen LogP contribution in [0.1, 0.15) is 41.0 Å². The van der Waals surface area contributed by atoms with E-state index in [1.807, 2.05) is 0 Å². The molecule has 1 aromatic heterocycles. The van der Waals surface area contributed by atoms with Crippen molar-refractivity contribution in [2.24, 2.45) is 11.8 Å². The first kappa shape index (κ1) is 15.0.